The van der Waals surface area contributed by atoms with Crippen molar-refractivity contribution in [2.75, 3.05) is 5.32 Å². The smallest absolute Gasteiger partial charge is 0.416 e. The first-order valence-electron chi connectivity index (χ1n) is 9.59. The molecule has 14 heteroatoms. The highest BCUT2D eigenvalue weighted by Gasteiger charge is 2.31. The number of alkyl halides is 5. The fourth-order valence-electron chi connectivity index (χ4n) is 2.93. The molecule has 0 fully saturated rings. The minimum Gasteiger partial charge on any atom is -0.440 e. The zero-order chi connectivity index (χ0) is 24.7. The lowest BCUT2D eigenvalue weighted by Crippen LogP contribution is -2.14. The van der Waals surface area contributed by atoms with E-state index in [1.54, 1.807) is 0 Å². The van der Waals surface area contributed by atoms with Crippen molar-refractivity contribution < 1.29 is 31.2 Å². The number of carbonyl (C=O) groups is 1. The van der Waals surface area contributed by atoms with Gasteiger partial charge in [0.2, 0.25) is 0 Å². The average Bonchev–Trinajstić information content (AvgIpc) is 3.48. The van der Waals surface area contributed by atoms with Crippen molar-refractivity contribution >= 4 is 23.1 Å². The summed E-state index contributed by atoms with van der Waals surface area (Å²) in [5.74, 6) is -3.90. The Morgan fingerprint density at radius 2 is 1.97 bits per heavy atom. The normalized spacial score (nSPS) is 12.2. The molecule has 3 heterocycles. The first kappa shape index (κ1) is 23.5. The van der Waals surface area contributed by atoms with Crippen LogP contribution in [0.15, 0.2) is 40.3 Å². The Balaban J connectivity index is 1.52. The number of halogens is 5. The number of aromatic nitrogens is 5. The maximum Gasteiger partial charge on any atom is 0.416 e. The Bertz CT molecular complexity index is 1340. The van der Waals surface area contributed by atoms with E-state index in [4.69, 9.17) is 4.42 Å². The molecule has 0 saturated carbocycles. The van der Waals surface area contributed by atoms with Crippen LogP contribution in [0, 0.1) is 6.92 Å². The second kappa shape index (κ2) is 8.59. The van der Waals surface area contributed by atoms with Gasteiger partial charge >= 0.3 is 6.18 Å². The van der Waals surface area contributed by atoms with E-state index in [-0.39, 0.29) is 41.0 Å². The minimum atomic E-state index is -4.57. The van der Waals surface area contributed by atoms with Crippen LogP contribution in [0.25, 0.3) is 11.3 Å². The molecule has 8 nitrogen and oxygen atoms in total. The monoisotopic (exact) mass is 498 g/mol. The Labute approximate surface area is 192 Å². The second-order valence-corrected chi connectivity index (χ2v) is 8.16. The number of rotatable bonds is 6. The molecule has 34 heavy (non-hydrogen) atoms. The average molecular weight is 498 g/mol. The zero-order valence-electron chi connectivity index (χ0n) is 17.5. The number of nitrogens with zero attached hydrogens (tertiary/aromatic N) is 5. The number of aryl methyl sites for hydroxylation is 1. The molecule has 0 aliphatic carbocycles. The molecule has 1 amide bonds. The molecule has 0 radical (unpaired) electrons. The SMILES string of the molecule is Cc1nc(C(=O)Nc2cnn(Cc3nc(C(C)(F)F)cs3)n2)c(-c2cccc(C(F)(F)F)c2)o1. The van der Waals surface area contributed by atoms with Crippen LogP contribution in [0.4, 0.5) is 27.8 Å². The fourth-order valence-corrected chi connectivity index (χ4v) is 3.77. The van der Waals surface area contributed by atoms with Crippen LogP contribution in [-0.4, -0.2) is 30.9 Å². The van der Waals surface area contributed by atoms with Crippen LogP contribution in [0.1, 0.15) is 39.6 Å². The number of hydrogen-bond acceptors (Lipinski definition) is 7. The molecule has 3 aromatic heterocycles. The topological polar surface area (TPSA) is 98.7 Å². The van der Waals surface area contributed by atoms with E-state index in [2.05, 4.69) is 25.5 Å². The molecule has 1 N–H and O–H groups in total. The third-order valence-corrected chi connectivity index (χ3v) is 5.29. The summed E-state index contributed by atoms with van der Waals surface area (Å²) in [6.07, 6.45) is -3.35. The highest BCUT2D eigenvalue weighted by Crippen LogP contribution is 2.33. The number of thiazole rings is 1. The lowest BCUT2D eigenvalue weighted by Gasteiger charge is -2.08. The van der Waals surface area contributed by atoms with E-state index in [1.807, 2.05) is 0 Å². The Morgan fingerprint density at radius 3 is 2.65 bits per heavy atom. The van der Waals surface area contributed by atoms with Crippen LogP contribution < -0.4 is 5.32 Å². The minimum absolute atomic E-state index is 0.00479. The summed E-state index contributed by atoms with van der Waals surface area (Å²) in [5.41, 5.74) is -1.48. The van der Waals surface area contributed by atoms with Gasteiger partial charge in [-0.25, -0.2) is 9.97 Å². The predicted octanol–water partition coefficient (Wildman–Crippen LogP) is 5.13. The van der Waals surface area contributed by atoms with Gasteiger partial charge in [0.1, 0.15) is 17.2 Å². The Hall–Kier alpha value is -3.68. The standard InChI is InChI=1S/C20H15F5N6O2S/c1-10-27-16(17(33-10)11-4-3-5-12(6-11)20(23,24)25)18(32)29-14-7-26-31(30-14)8-15-28-13(9-34-15)19(2,21)22/h3-7,9H,8H2,1-2H3,(H,29,30,32). The summed E-state index contributed by atoms with van der Waals surface area (Å²) >= 11 is 1.01. The number of oxazole rings is 1. The summed E-state index contributed by atoms with van der Waals surface area (Å²) in [6.45, 7) is 2.19. The van der Waals surface area contributed by atoms with Gasteiger partial charge in [0.15, 0.2) is 23.2 Å². The number of anilines is 1. The third-order valence-electron chi connectivity index (χ3n) is 4.46. The van der Waals surface area contributed by atoms with Crippen LogP contribution in [-0.2, 0) is 18.6 Å². The van der Waals surface area contributed by atoms with E-state index in [9.17, 15) is 26.7 Å². The van der Waals surface area contributed by atoms with E-state index < -0.39 is 23.6 Å². The van der Waals surface area contributed by atoms with Crippen molar-refractivity contribution in [3.8, 4) is 11.3 Å². The summed E-state index contributed by atoms with van der Waals surface area (Å²) < 4.78 is 71.3. The molecule has 0 atom stereocenters. The summed E-state index contributed by atoms with van der Waals surface area (Å²) in [6, 6.07) is 4.32. The summed E-state index contributed by atoms with van der Waals surface area (Å²) in [7, 11) is 0. The molecule has 4 aromatic rings. The largest absolute Gasteiger partial charge is 0.440 e. The highest BCUT2D eigenvalue weighted by molar-refractivity contribution is 7.09. The molecule has 1 aromatic carbocycles. The van der Waals surface area contributed by atoms with Gasteiger partial charge in [0.05, 0.1) is 11.8 Å². The Kier molecular flexibility index (Phi) is 5.93. The van der Waals surface area contributed by atoms with Crippen molar-refractivity contribution in [3.63, 3.8) is 0 Å². The molecule has 4 rings (SSSR count). The van der Waals surface area contributed by atoms with Gasteiger partial charge in [0.25, 0.3) is 11.8 Å². The quantitative estimate of drug-likeness (QED) is 0.370. The summed E-state index contributed by atoms with van der Waals surface area (Å²) in [5, 5.41) is 12.0. The first-order chi connectivity index (χ1) is 15.9. The zero-order valence-corrected chi connectivity index (χ0v) is 18.3. The first-order valence-corrected chi connectivity index (χ1v) is 10.5. The molecular weight excluding hydrogens is 483 g/mol. The van der Waals surface area contributed by atoms with Gasteiger partial charge in [-0.3, -0.25) is 4.79 Å². The van der Waals surface area contributed by atoms with E-state index in [0.29, 0.717) is 5.01 Å². The van der Waals surface area contributed by atoms with Crippen LogP contribution in [0.3, 0.4) is 0 Å². The molecule has 0 bridgehead atoms. The van der Waals surface area contributed by atoms with Gasteiger partial charge in [-0.05, 0) is 12.1 Å². The second-order valence-electron chi connectivity index (χ2n) is 7.22. The molecule has 0 aliphatic heterocycles. The number of carbonyl (C=O) groups excluding carboxylic acids is 1. The molecule has 0 saturated heterocycles. The van der Waals surface area contributed by atoms with Gasteiger partial charge < -0.3 is 9.73 Å². The highest BCUT2D eigenvalue weighted by atomic mass is 32.1. The predicted molar refractivity (Wildman–Crippen MR) is 110 cm³/mol. The lowest BCUT2D eigenvalue weighted by molar-refractivity contribution is -0.137. The van der Waals surface area contributed by atoms with Gasteiger partial charge in [-0.2, -0.15) is 31.8 Å². The molecule has 0 aliphatic rings. The molecule has 0 spiro atoms. The number of nitrogens with one attached hydrogen (secondary N) is 1. The number of amides is 1. The van der Waals surface area contributed by atoms with Crippen LogP contribution in [0.5, 0.6) is 0 Å². The van der Waals surface area contributed by atoms with Crippen LogP contribution >= 0.6 is 11.3 Å². The molecule has 0 unspecified atom stereocenters. The van der Waals surface area contributed by atoms with Crippen molar-refractivity contribution in [2.24, 2.45) is 0 Å². The lowest BCUT2D eigenvalue weighted by atomic mass is 10.1. The van der Waals surface area contributed by atoms with E-state index in [1.165, 1.54) is 30.6 Å². The van der Waals surface area contributed by atoms with Gasteiger partial charge in [0, 0.05) is 24.8 Å². The third kappa shape index (κ3) is 5.11. The Morgan fingerprint density at radius 1 is 1.21 bits per heavy atom. The van der Waals surface area contributed by atoms with Crippen molar-refractivity contribution in [1.29, 1.82) is 0 Å². The van der Waals surface area contributed by atoms with Gasteiger partial charge in [-0.1, -0.05) is 12.1 Å². The van der Waals surface area contributed by atoms with E-state index >= 15 is 0 Å². The van der Waals surface area contributed by atoms with Crippen molar-refractivity contribution in [2.45, 2.75) is 32.5 Å². The maximum absolute atomic E-state index is 13.3. The molecule has 178 valence electrons. The van der Waals surface area contributed by atoms with Crippen molar-refractivity contribution in [1.82, 2.24) is 25.0 Å². The van der Waals surface area contributed by atoms with Crippen LogP contribution in [0.2, 0.25) is 0 Å². The number of hydrogen-bond donors (Lipinski definition) is 1. The molecular formula is C20H15F5N6O2S. The fraction of sp³-hybridized carbons (Fsp3) is 0.250. The van der Waals surface area contributed by atoms with E-state index in [0.717, 1.165) is 35.2 Å². The van der Waals surface area contributed by atoms with Crippen molar-refractivity contribution in [3.05, 3.63) is 63.7 Å². The maximum atomic E-state index is 13.3. The number of benzene rings is 1. The summed E-state index contributed by atoms with van der Waals surface area (Å²) in [4.78, 5) is 21.7. The van der Waals surface area contributed by atoms with Gasteiger partial charge in [-0.15, -0.1) is 16.4 Å².